The third-order valence-corrected chi connectivity index (χ3v) is 3.03. The summed E-state index contributed by atoms with van der Waals surface area (Å²) in [5.74, 6) is -0.227. The molecule has 108 valence electrons. The van der Waals surface area contributed by atoms with E-state index in [9.17, 15) is 9.18 Å². The molecule has 6 nitrogen and oxygen atoms in total. The van der Waals surface area contributed by atoms with Crippen molar-refractivity contribution in [2.45, 2.75) is 20.5 Å². The molecule has 0 amide bonds. The molecule has 0 saturated heterocycles. The summed E-state index contributed by atoms with van der Waals surface area (Å²) < 4.78 is 23.2. The number of rotatable bonds is 3. The fourth-order valence-electron chi connectivity index (χ4n) is 2.09. The van der Waals surface area contributed by atoms with Gasteiger partial charge in [0.25, 0.3) is 0 Å². The molecule has 0 aliphatic rings. The highest BCUT2D eigenvalue weighted by atomic mass is 19.1. The second-order valence-corrected chi connectivity index (χ2v) is 4.67. The third-order valence-electron chi connectivity index (χ3n) is 3.03. The van der Waals surface area contributed by atoms with E-state index >= 15 is 0 Å². The van der Waals surface area contributed by atoms with Crippen molar-refractivity contribution in [1.82, 2.24) is 15.1 Å². The minimum Gasteiger partial charge on any atom is -0.453 e. The molecule has 0 spiro atoms. The van der Waals surface area contributed by atoms with Crippen LogP contribution in [0.25, 0.3) is 10.9 Å². The summed E-state index contributed by atoms with van der Waals surface area (Å²) in [4.78, 5) is 18.7. The highest BCUT2D eigenvalue weighted by Gasteiger charge is 2.14. The highest BCUT2D eigenvalue weighted by molar-refractivity contribution is 5.95. The molecule has 1 aromatic carbocycles. The molecular formula is C14H12FN3O3. The van der Waals surface area contributed by atoms with Crippen molar-refractivity contribution in [2.24, 2.45) is 0 Å². The number of esters is 1. The van der Waals surface area contributed by atoms with Gasteiger partial charge in [-0.05, 0) is 30.7 Å². The molecule has 2 heterocycles. The Morgan fingerprint density at radius 3 is 2.90 bits per heavy atom. The fourth-order valence-corrected chi connectivity index (χ4v) is 2.09. The summed E-state index contributed by atoms with van der Waals surface area (Å²) in [6.07, 6.45) is 0. The van der Waals surface area contributed by atoms with Crippen LogP contribution >= 0.6 is 0 Å². The van der Waals surface area contributed by atoms with Gasteiger partial charge in [-0.15, -0.1) is 0 Å². The molecule has 0 fully saturated rings. The smallest absolute Gasteiger partial charge is 0.355 e. The Labute approximate surface area is 118 Å². The molecule has 3 aromatic rings. The zero-order valence-corrected chi connectivity index (χ0v) is 11.4. The first kappa shape index (κ1) is 13.3. The minimum absolute atomic E-state index is 0.0844. The van der Waals surface area contributed by atoms with Crippen molar-refractivity contribution in [3.63, 3.8) is 0 Å². The van der Waals surface area contributed by atoms with Crippen LogP contribution in [0.4, 0.5) is 4.39 Å². The SMILES string of the molecule is Cc1nc(COC(=O)c2cc3c(C)cc(F)cc3[nH]2)no1. The lowest BCUT2D eigenvalue weighted by Gasteiger charge is -1.98. The Kier molecular flexibility index (Phi) is 3.17. The van der Waals surface area contributed by atoms with Gasteiger partial charge in [-0.25, -0.2) is 9.18 Å². The van der Waals surface area contributed by atoms with Gasteiger partial charge in [-0.2, -0.15) is 4.98 Å². The van der Waals surface area contributed by atoms with Crippen LogP contribution < -0.4 is 0 Å². The van der Waals surface area contributed by atoms with E-state index in [0.717, 1.165) is 10.9 Å². The maximum Gasteiger partial charge on any atom is 0.355 e. The summed E-state index contributed by atoms with van der Waals surface area (Å²) in [6.45, 7) is 3.34. The van der Waals surface area contributed by atoms with Gasteiger partial charge in [-0.1, -0.05) is 5.16 Å². The van der Waals surface area contributed by atoms with Crippen LogP contribution in [0.15, 0.2) is 22.7 Å². The average Bonchev–Trinajstić information content (AvgIpc) is 3.02. The van der Waals surface area contributed by atoms with Crippen molar-refractivity contribution in [2.75, 3.05) is 0 Å². The Morgan fingerprint density at radius 2 is 2.19 bits per heavy atom. The van der Waals surface area contributed by atoms with Gasteiger partial charge in [-0.3, -0.25) is 0 Å². The highest BCUT2D eigenvalue weighted by Crippen LogP contribution is 2.21. The van der Waals surface area contributed by atoms with Gasteiger partial charge in [0.2, 0.25) is 11.7 Å². The van der Waals surface area contributed by atoms with E-state index in [2.05, 4.69) is 15.1 Å². The number of hydrogen-bond donors (Lipinski definition) is 1. The number of nitrogens with one attached hydrogen (secondary N) is 1. The fraction of sp³-hybridized carbons (Fsp3) is 0.214. The summed E-state index contributed by atoms with van der Waals surface area (Å²) in [5.41, 5.74) is 1.54. The van der Waals surface area contributed by atoms with E-state index in [1.807, 2.05) is 0 Å². The lowest BCUT2D eigenvalue weighted by atomic mass is 10.1. The molecule has 0 aliphatic carbocycles. The van der Waals surface area contributed by atoms with Gasteiger partial charge in [0, 0.05) is 17.8 Å². The molecule has 1 N–H and O–H groups in total. The van der Waals surface area contributed by atoms with Crippen molar-refractivity contribution in [3.8, 4) is 0 Å². The molecular weight excluding hydrogens is 277 g/mol. The maximum atomic E-state index is 13.3. The predicted molar refractivity (Wildman–Crippen MR) is 71.1 cm³/mol. The minimum atomic E-state index is -0.562. The van der Waals surface area contributed by atoms with E-state index in [-0.39, 0.29) is 18.1 Å². The largest absolute Gasteiger partial charge is 0.453 e. The second-order valence-electron chi connectivity index (χ2n) is 4.67. The summed E-state index contributed by atoms with van der Waals surface area (Å²) in [7, 11) is 0. The first-order valence-electron chi connectivity index (χ1n) is 6.28. The summed E-state index contributed by atoms with van der Waals surface area (Å²) in [6, 6.07) is 4.38. The Morgan fingerprint density at radius 1 is 1.38 bits per heavy atom. The molecule has 0 aliphatic heterocycles. The van der Waals surface area contributed by atoms with Crippen molar-refractivity contribution in [3.05, 3.63) is 47.0 Å². The molecule has 3 rings (SSSR count). The molecule has 7 heteroatoms. The molecule has 0 radical (unpaired) electrons. The van der Waals surface area contributed by atoms with Gasteiger partial charge in [0.15, 0.2) is 6.61 Å². The number of hydrogen-bond acceptors (Lipinski definition) is 5. The van der Waals surface area contributed by atoms with Crippen LogP contribution in [-0.4, -0.2) is 21.1 Å². The van der Waals surface area contributed by atoms with E-state index in [0.29, 0.717) is 17.2 Å². The van der Waals surface area contributed by atoms with E-state index < -0.39 is 5.97 Å². The maximum absolute atomic E-state index is 13.3. The molecule has 0 bridgehead atoms. The van der Waals surface area contributed by atoms with Gasteiger partial charge < -0.3 is 14.2 Å². The molecule has 0 atom stereocenters. The Balaban J connectivity index is 1.80. The topological polar surface area (TPSA) is 81.0 Å². The zero-order valence-electron chi connectivity index (χ0n) is 11.4. The number of benzene rings is 1. The quantitative estimate of drug-likeness (QED) is 0.750. The molecule has 21 heavy (non-hydrogen) atoms. The number of aromatic amines is 1. The summed E-state index contributed by atoms with van der Waals surface area (Å²) in [5, 5.41) is 4.40. The summed E-state index contributed by atoms with van der Waals surface area (Å²) >= 11 is 0. The van der Waals surface area contributed by atoms with Crippen LogP contribution in [-0.2, 0) is 11.3 Å². The number of ether oxygens (including phenoxy) is 1. The first-order chi connectivity index (χ1) is 10.0. The van der Waals surface area contributed by atoms with Gasteiger partial charge >= 0.3 is 5.97 Å². The van der Waals surface area contributed by atoms with Crippen LogP contribution in [0.1, 0.15) is 27.8 Å². The number of carbonyl (C=O) groups excluding carboxylic acids is 1. The Bertz CT molecular complexity index is 822. The van der Waals surface area contributed by atoms with Gasteiger partial charge in [0.1, 0.15) is 11.5 Å². The monoisotopic (exact) mass is 289 g/mol. The standard InChI is InChI=1S/C14H12FN3O3/c1-7-3-9(15)4-11-10(7)5-12(17-11)14(19)20-6-13-16-8(2)21-18-13/h3-5,17H,6H2,1-2H3. The molecule has 0 saturated carbocycles. The number of nitrogens with zero attached hydrogens (tertiary/aromatic N) is 2. The van der Waals surface area contributed by atoms with Crippen molar-refractivity contribution in [1.29, 1.82) is 0 Å². The van der Waals surface area contributed by atoms with E-state index in [1.165, 1.54) is 12.1 Å². The second kappa shape index (κ2) is 5.01. The van der Waals surface area contributed by atoms with Crippen LogP contribution in [0.2, 0.25) is 0 Å². The van der Waals surface area contributed by atoms with Crippen LogP contribution in [0.5, 0.6) is 0 Å². The van der Waals surface area contributed by atoms with Crippen LogP contribution in [0, 0.1) is 19.7 Å². The lowest BCUT2D eigenvalue weighted by Crippen LogP contribution is -2.06. The van der Waals surface area contributed by atoms with Crippen molar-refractivity contribution < 1.29 is 18.4 Å². The third kappa shape index (κ3) is 2.62. The van der Waals surface area contributed by atoms with Gasteiger partial charge in [0.05, 0.1) is 0 Å². The number of aryl methyl sites for hydroxylation is 2. The lowest BCUT2D eigenvalue weighted by molar-refractivity contribution is 0.0454. The average molecular weight is 289 g/mol. The van der Waals surface area contributed by atoms with Crippen molar-refractivity contribution >= 4 is 16.9 Å². The number of carbonyl (C=O) groups is 1. The molecule has 0 unspecified atom stereocenters. The predicted octanol–water partition coefficient (Wildman–Crippen LogP) is 2.66. The first-order valence-corrected chi connectivity index (χ1v) is 6.28. The number of halogens is 1. The van der Waals surface area contributed by atoms with E-state index in [4.69, 9.17) is 9.26 Å². The number of fused-ring (bicyclic) bond motifs is 1. The van der Waals surface area contributed by atoms with Crippen LogP contribution in [0.3, 0.4) is 0 Å². The molecule has 2 aromatic heterocycles. The number of aromatic nitrogens is 3. The normalized spacial score (nSPS) is 11.0. The van der Waals surface area contributed by atoms with E-state index in [1.54, 1.807) is 19.9 Å². The number of H-pyrrole nitrogens is 1. The Hall–Kier alpha value is -2.70. The zero-order chi connectivity index (χ0) is 15.0.